The first-order valence-corrected chi connectivity index (χ1v) is 10.6. The van der Waals surface area contributed by atoms with Gasteiger partial charge in [0.2, 0.25) is 0 Å². The Hall–Kier alpha value is -0.510. The van der Waals surface area contributed by atoms with Crippen molar-refractivity contribution in [1.82, 2.24) is 0 Å². The number of halogens is 3. The predicted molar refractivity (Wildman–Crippen MR) is 96.5 cm³/mol. The van der Waals surface area contributed by atoms with Gasteiger partial charge in [0.05, 0.1) is 6.10 Å². The molecule has 4 unspecified atom stereocenters. The maximum Gasteiger partial charge on any atom is 0.389 e. The summed E-state index contributed by atoms with van der Waals surface area (Å²) in [7, 11) is 0. The van der Waals surface area contributed by atoms with Gasteiger partial charge in [-0.1, -0.05) is 25.5 Å². The fraction of sp³-hybridized carbons (Fsp3) is 0.909. The third kappa shape index (κ3) is 2.95. The van der Waals surface area contributed by atoms with Gasteiger partial charge in [0.15, 0.2) is 0 Å². The molecule has 1 N–H and O–H groups in total. The standard InChI is InChI=1S/C22H33F3O/c1-20-11-9-19-17(5-3-15-13-16(26)8-10-21(15,19)2)18(20)6-4-14(20)7-12-22(23,24)25/h3,14,16-19,26H,4-13H2,1-2H3/t14?,16-,17-,18?,19?,20?,21-/m0/s1. The molecule has 4 aliphatic rings. The van der Waals surface area contributed by atoms with Gasteiger partial charge in [0.1, 0.15) is 0 Å². The van der Waals surface area contributed by atoms with Crippen LogP contribution in [0.25, 0.3) is 0 Å². The van der Waals surface area contributed by atoms with Crippen LogP contribution in [0.3, 0.4) is 0 Å². The van der Waals surface area contributed by atoms with Crippen molar-refractivity contribution in [3.63, 3.8) is 0 Å². The molecule has 0 aromatic carbocycles. The fourth-order valence-corrected chi connectivity index (χ4v) is 7.56. The molecule has 0 aromatic heterocycles. The Morgan fingerprint density at radius 1 is 1.08 bits per heavy atom. The molecule has 148 valence electrons. The topological polar surface area (TPSA) is 20.2 Å². The lowest BCUT2D eigenvalue weighted by molar-refractivity contribution is -0.141. The number of hydrogen-bond donors (Lipinski definition) is 1. The molecule has 3 saturated carbocycles. The number of aliphatic hydroxyl groups is 1. The highest BCUT2D eigenvalue weighted by molar-refractivity contribution is 5.25. The van der Waals surface area contributed by atoms with Crippen molar-refractivity contribution in [2.45, 2.75) is 90.3 Å². The molecule has 0 saturated heterocycles. The molecule has 7 atom stereocenters. The Labute approximate surface area is 155 Å². The van der Waals surface area contributed by atoms with E-state index in [1.807, 2.05) is 0 Å². The molecular weight excluding hydrogens is 337 g/mol. The zero-order valence-corrected chi connectivity index (χ0v) is 16.1. The van der Waals surface area contributed by atoms with Crippen LogP contribution < -0.4 is 0 Å². The van der Waals surface area contributed by atoms with E-state index in [0.717, 1.165) is 51.4 Å². The normalized spacial score (nSPS) is 48.4. The van der Waals surface area contributed by atoms with E-state index in [2.05, 4.69) is 19.9 Å². The molecule has 1 nitrogen and oxygen atoms in total. The highest BCUT2D eigenvalue weighted by Crippen LogP contribution is 2.66. The van der Waals surface area contributed by atoms with Gasteiger partial charge >= 0.3 is 6.18 Å². The minimum absolute atomic E-state index is 0.0995. The average Bonchev–Trinajstić information content (AvgIpc) is 2.89. The maximum absolute atomic E-state index is 12.8. The second kappa shape index (κ2) is 6.25. The van der Waals surface area contributed by atoms with Gasteiger partial charge in [-0.25, -0.2) is 0 Å². The SMILES string of the molecule is CC12CCC3[C@@H](CC=C4C[C@@H](O)CC[C@@]43C)C1CCC2CCC(F)(F)F. The smallest absolute Gasteiger partial charge is 0.389 e. The van der Waals surface area contributed by atoms with Crippen LogP contribution in [0.2, 0.25) is 0 Å². The molecule has 4 aliphatic carbocycles. The third-order valence-corrected chi connectivity index (χ3v) is 9.05. The van der Waals surface area contributed by atoms with E-state index in [-0.39, 0.29) is 22.9 Å². The van der Waals surface area contributed by atoms with Gasteiger partial charge in [-0.15, -0.1) is 0 Å². The largest absolute Gasteiger partial charge is 0.393 e. The molecule has 0 amide bonds. The molecule has 0 aromatic rings. The van der Waals surface area contributed by atoms with Crippen LogP contribution >= 0.6 is 0 Å². The Kier molecular flexibility index (Phi) is 4.53. The van der Waals surface area contributed by atoms with E-state index in [1.165, 1.54) is 5.57 Å². The minimum atomic E-state index is -4.02. The molecular formula is C22H33F3O. The summed E-state index contributed by atoms with van der Waals surface area (Å²) in [5.41, 5.74) is 1.78. The van der Waals surface area contributed by atoms with E-state index in [0.29, 0.717) is 24.2 Å². The molecule has 0 spiro atoms. The summed E-state index contributed by atoms with van der Waals surface area (Å²) in [6.45, 7) is 4.70. The van der Waals surface area contributed by atoms with Gasteiger partial charge in [-0.2, -0.15) is 13.2 Å². The molecule has 26 heavy (non-hydrogen) atoms. The number of rotatable bonds is 2. The summed E-state index contributed by atoms with van der Waals surface area (Å²) in [6, 6.07) is 0. The van der Waals surface area contributed by atoms with Crippen molar-refractivity contribution >= 4 is 0 Å². The van der Waals surface area contributed by atoms with E-state index in [4.69, 9.17) is 0 Å². The van der Waals surface area contributed by atoms with Gasteiger partial charge in [-0.05, 0) is 92.3 Å². The van der Waals surface area contributed by atoms with Crippen molar-refractivity contribution in [1.29, 1.82) is 0 Å². The quantitative estimate of drug-likeness (QED) is 0.568. The van der Waals surface area contributed by atoms with Gasteiger partial charge in [-0.3, -0.25) is 0 Å². The van der Waals surface area contributed by atoms with Crippen LogP contribution in [0.15, 0.2) is 11.6 Å². The van der Waals surface area contributed by atoms with E-state index >= 15 is 0 Å². The number of hydrogen-bond acceptors (Lipinski definition) is 1. The monoisotopic (exact) mass is 370 g/mol. The fourth-order valence-electron chi connectivity index (χ4n) is 7.56. The van der Waals surface area contributed by atoms with Gasteiger partial charge < -0.3 is 5.11 Å². The van der Waals surface area contributed by atoms with E-state index in [9.17, 15) is 18.3 Å². The number of allylic oxidation sites excluding steroid dienone is 1. The molecule has 4 heteroatoms. The zero-order chi connectivity index (χ0) is 18.7. The Morgan fingerprint density at radius 3 is 2.58 bits per heavy atom. The first-order valence-electron chi connectivity index (χ1n) is 10.6. The number of alkyl halides is 3. The highest BCUT2D eigenvalue weighted by Gasteiger charge is 2.58. The zero-order valence-electron chi connectivity index (χ0n) is 16.1. The predicted octanol–water partition coefficient (Wildman–Crippen LogP) is 6.27. The lowest BCUT2D eigenvalue weighted by Crippen LogP contribution is -2.50. The van der Waals surface area contributed by atoms with Crippen molar-refractivity contribution < 1.29 is 18.3 Å². The Balaban J connectivity index is 1.54. The summed E-state index contributed by atoms with van der Waals surface area (Å²) in [6.07, 6.45) is 6.11. The minimum Gasteiger partial charge on any atom is -0.393 e. The first kappa shape index (κ1) is 18.8. The van der Waals surface area contributed by atoms with E-state index in [1.54, 1.807) is 0 Å². The number of fused-ring (bicyclic) bond motifs is 5. The van der Waals surface area contributed by atoms with Crippen LogP contribution in [0.4, 0.5) is 13.2 Å². The van der Waals surface area contributed by atoms with Crippen molar-refractivity contribution in [3.8, 4) is 0 Å². The van der Waals surface area contributed by atoms with Crippen LogP contribution in [0.1, 0.15) is 78.1 Å². The summed E-state index contributed by atoms with van der Waals surface area (Å²) in [4.78, 5) is 0. The van der Waals surface area contributed by atoms with Crippen LogP contribution in [0.5, 0.6) is 0 Å². The van der Waals surface area contributed by atoms with Crippen molar-refractivity contribution in [2.75, 3.05) is 0 Å². The summed E-state index contributed by atoms with van der Waals surface area (Å²) in [5.74, 6) is 2.12. The summed E-state index contributed by atoms with van der Waals surface area (Å²) >= 11 is 0. The van der Waals surface area contributed by atoms with Gasteiger partial charge in [0.25, 0.3) is 0 Å². The molecule has 0 heterocycles. The molecule has 0 bridgehead atoms. The number of aliphatic hydroxyl groups excluding tert-OH is 1. The van der Waals surface area contributed by atoms with E-state index < -0.39 is 12.6 Å². The Morgan fingerprint density at radius 2 is 1.85 bits per heavy atom. The van der Waals surface area contributed by atoms with Gasteiger partial charge in [0, 0.05) is 6.42 Å². The van der Waals surface area contributed by atoms with Crippen molar-refractivity contribution in [3.05, 3.63) is 11.6 Å². The summed E-state index contributed by atoms with van der Waals surface area (Å²) < 4.78 is 38.3. The van der Waals surface area contributed by atoms with Crippen LogP contribution in [-0.2, 0) is 0 Å². The van der Waals surface area contributed by atoms with Crippen molar-refractivity contribution in [2.24, 2.45) is 34.5 Å². The molecule has 0 radical (unpaired) electrons. The lowest BCUT2D eigenvalue weighted by atomic mass is 9.47. The molecule has 0 aliphatic heterocycles. The summed E-state index contributed by atoms with van der Waals surface area (Å²) in [5, 5.41) is 10.1. The lowest BCUT2D eigenvalue weighted by Gasteiger charge is -2.58. The molecule has 4 rings (SSSR count). The highest BCUT2D eigenvalue weighted by atomic mass is 19.4. The third-order valence-electron chi connectivity index (χ3n) is 9.05. The average molecular weight is 370 g/mol. The van der Waals surface area contributed by atoms with Crippen LogP contribution in [-0.4, -0.2) is 17.4 Å². The van der Waals surface area contributed by atoms with Crippen LogP contribution in [0, 0.1) is 34.5 Å². The first-order chi connectivity index (χ1) is 12.1. The Bertz CT molecular complexity index is 582. The molecule has 3 fully saturated rings. The second-order valence-electron chi connectivity index (χ2n) is 10.1. The maximum atomic E-state index is 12.8. The second-order valence-corrected chi connectivity index (χ2v) is 10.1.